The third-order valence-corrected chi connectivity index (χ3v) is 5.28. The van der Waals surface area contributed by atoms with E-state index in [1.54, 1.807) is 0 Å². The Morgan fingerprint density at radius 1 is 1.21 bits per heavy atom. The molecule has 1 aromatic rings. The molecule has 6 nitrogen and oxygen atoms in total. The van der Waals surface area contributed by atoms with E-state index in [0.717, 1.165) is 44.3 Å². The van der Waals surface area contributed by atoms with Gasteiger partial charge in [-0.05, 0) is 31.5 Å². The largest absolute Gasteiger partial charge is 0.488 e. The summed E-state index contributed by atoms with van der Waals surface area (Å²) in [6.45, 7) is 12.7. The topological polar surface area (TPSA) is 52.1 Å². The Bertz CT molecular complexity index is 594. The van der Waals surface area contributed by atoms with Gasteiger partial charge in [-0.25, -0.2) is 0 Å². The molecule has 0 spiro atoms. The van der Waals surface area contributed by atoms with Gasteiger partial charge in [-0.3, -0.25) is 4.99 Å². The monoisotopic (exact) mass is 501 g/mol. The van der Waals surface area contributed by atoms with Gasteiger partial charge in [0, 0.05) is 52.2 Å². The Labute approximate surface area is 187 Å². The lowest BCUT2D eigenvalue weighted by Gasteiger charge is -2.33. The van der Waals surface area contributed by atoms with Gasteiger partial charge in [-0.15, -0.1) is 24.0 Å². The van der Waals surface area contributed by atoms with Gasteiger partial charge in [0.15, 0.2) is 5.96 Å². The minimum Gasteiger partial charge on any atom is -0.488 e. The number of benzene rings is 1. The van der Waals surface area contributed by atoms with Gasteiger partial charge < -0.3 is 25.2 Å². The van der Waals surface area contributed by atoms with Crippen molar-refractivity contribution in [3.63, 3.8) is 0 Å². The minimum atomic E-state index is 0. The standard InChI is InChI=1S/C21H35N5O.HI/c1-4-22-21(23-14-17(2)16-26-11-9-25(3)10-12-26)24-15-19-13-18-7-5-6-8-20(18)27-19;/h5-8,17,19H,4,9-16H2,1-3H3,(H2,22,23,24);1H. The van der Waals surface area contributed by atoms with E-state index in [2.05, 4.69) is 59.5 Å². The fourth-order valence-corrected chi connectivity index (χ4v) is 3.70. The summed E-state index contributed by atoms with van der Waals surface area (Å²) in [5.74, 6) is 2.46. The molecule has 3 rings (SSSR count). The van der Waals surface area contributed by atoms with Crippen LogP contribution in [0.25, 0.3) is 0 Å². The summed E-state index contributed by atoms with van der Waals surface area (Å²) in [6.07, 6.45) is 1.14. The first-order chi connectivity index (χ1) is 13.1. The van der Waals surface area contributed by atoms with Gasteiger partial charge >= 0.3 is 0 Å². The lowest BCUT2D eigenvalue weighted by atomic mass is 10.1. The van der Waals surface area contributed by atoms with Crippen molar-refractivity contribution in [3.8, 4) is 5.75 Å². The second kappa shape index (κ2) is 11.8. The van der Waals surface area contributed by atoms with Crippen LogP contribution in [0.1, 0.15) is 19.4 Å². The van der Waals surface area contributed by atoms with E-state index in [1.807, 2.05) is 6.07 Å². The third kappa shape index (κ3) is 7.08. The van der Waals surface area contributed by atoms with Crippen LogP contribution < -0.4 is 15.4 Å². The molecule has 0 amide bonds. The molecule has 2 aliphatic rings. The number of rotatable bonds is 7. The predicted molar refractivity (Wildman–Crippen MR) is 127 cm³/mol. The number of para-hydroxylation sites is 1. The number of nitrogens with zero attached hydrogens (tertiary/aromatic N) is 3. The van der Waals surface area contributed by atoms with Crippen LogP contribution in [-0.2, 0) is 6.42 Å². The molecule has 0 radical (unpaired) electrons. The van der Waals surface area contributed by atoms with E-state index in [-0.39, 0.29) is 30.1 Å². The summed E-state index contributed by atoms with van der Waals surface area (Å²) >= 11 is 0. The normalized spacial score (nSPS) is 21.4. The van der Waals surface area contributed by atoms with Gasteiger partial charge in [-0.1, -0.05) is 25.1 Å². The highest BCUT2D eigenvalue weighted by Gasteiger charge is 2.22. The van der Waals surface area contributed by atoms with Crippen molar-refractivity contribution in [1.29, 1.82) is 0 Å². The average molecular weight is 501 g/mol. The van der Waals surface area contributed by atoms with Crippen molar-refractivity contribution >= 4 is 29.9 Å². The fraction of sp³-hybridized carbons (Fsp3) is 0.667. The molecule has 2 N–H and O–H groups in total. The second-order valence-electron chi connectivity index (χ2n) is 7.86. The minimum absolute atomic E-state index is 0. The van der Waals surface area contributed by atoms with Crippen LogP contribution >= 0.6 is 24.0 Å². The lowest BCUT2D eigenvalue weighted by molar-refractivity contribution is 0.140. The molecule has 1 saturated heterocycles. The highest BCUT2D eigenvalue weighted by Crippen LogP contribution is 2.27. The van der Waals surface area contributed by atoms with Gasteiger partial charge in [-0.2, -0.15) is 0 Å². The van der Waals surface area contributed by atoms with Crippen molar-refractivity contribution in [2.75, 3.05) is 59.4 Å². The number of likely N-dealkylation sites (N-methyl/N-ethyl adjacent to an activating group) is 1. The quantitative estimate of drug-likeness (QED) is 0.341. The molecule has 2 atom stereocenters. The van der Waals surface area contributed by atoms with Crippen molar-refractivity contribution in [2.24, 2.45) is 10.9 Å². The Morgan fingerprint density at radius 3 is 2.68 bits per heavy atom. The Hall–Kier alpha value is -1.06. The number of hydrogen-bond acceptors (Lipinski definition) is 4. The van der Waals surface area contributed by atoms with Crippen molar-refractivity contribution in [2.45, 2.75) is 26.4 Å². The molecular weight excluding hydrogens is 465 g/mol. The molecule has 0 bridgehead atoms. The van der Waals surface area contributed by atoms with Crippen LogP contribution in [0.3, 0.4) is 0 Å². The molecule has 7 heteroatoms. The maximum Gasteiger partial charge on any atom is 0.191 e. The third-order valence-electron chi connectivity index (χ3n) is 5.28. The van der Waals surface area contributed by atoms with Gasteiger partial charge in [0.25, 0.3) is 0 Å². The van der Waals surface area contributed by atoms with Crippen LogP contribution in [0.15, 0.2) is 29.3 Å². The summed E-state index contributed by atoms with van der Waals surface area (Å²) in [4.78, 5) is 9.76. The lowest BCUT2D eigenvalue weighted by Crippen LogP contribution is -2.46. The second-order valence-corrected chi connectivity index (χ2v) is 7.86. The smallest absolute Gasteiger partial charge is 0.191 e. The summed E-state index contributed by atoms with van der Waals surface area (Å²) in [6, 6.07) is 8.30. The number of halogens is 1. The summed E-state index contributed by atoms with van der Waals surface area (Å²) in [5, 5.41) is 6.81. The van der Waals surface area contributed by atoms with Gasteiger partial charge in [0.1, 0.15) is 11.9 Å². The Balaban J connectivity index is 0.00000280. The van der Waals surface area contributed by atoms with E-state index in [0.29, 0.717) is 5.92 Å². The summed E-state index contributed by atoms with van der Waals surface area (Å²) < 4.78 is 6.01. The molecule has 158 valence electrons. The molecule has 1 aromatic carbocycles. The number of hydrogen-bond donors (Lipinski definition) is 2. The number of nitrogens with one attached hydrogen (secondary N) is 2. The van der Waals surface area contributed by atoms with Crippen LogP contribution in [0.4, 0.5) is 0 Å². The molecule has 28 heavy (non-hydrogen) atoms. The van der Waals surface area contributed by atoms with Crippen LogP contribution in [0, 0.1) is 5.92 Å². The maximum atomic E-state index is 6.01. The van der Waals surface area contributed by atoms with Crippen molar-refractivity contribution in [1.82, 2.24) is 20.4 Å². The average Bonchev–Trinajstić information content (AvgIpc) is 3.09. The SMILES string of the molecule is CCNC(=NCC(C)CN1CCN(C)CC1)NCC1Cc2ccccc2O1.I. The van der Waals surface area contributed by atoms with Gasteiger partial charge in [0.05, 0.1) is 6.54 Å². The summed E-state index contributed by atoms with van der Waals surface area (Å²) in [5.41, 5.74) is 1.30. The van der Waals surface area contributed by atoms with Crippen LogP contribution in [0.2, 0.25) is 0 Å². The molecule has 0 aromatic heterocycles. The van der Waals surface area contributed by atoms with Crippen LogP contribution in [-0.4, -0.2) is 81.3 Å². The fourth-order valence-electron chi connectivity index (χ4n) is 3.70. The highest BCUT2D eigenvalue weighted by atomic mass is 127. The molecule has 2 aliphatic heterocycles. The molecule has 1 fully saturated rings. The van der Waals surface area contributed by atoms with Crippen molar-refractivity contribution in [3.05, 3.63) is 29.8 Å². The van der Waals surface area contributed by atoms with Gasteiger partial charge in [0.2, 0.25) is 0 Å². The molecule has 0 saturated carbocycles. The Morgan fingerprint density at radius 2 is 1.96 bits per heavy atom. The van der Waals surface area contributed by atoms with E-state index in [9.17, 15) is 0 Å². The first-order valence-corrected chi connectivity index (χ1v) is 10.3. The molecule has 2 heterocycles. The number of aliphatic imine (C=N–C) groups is 1. The van der Waals surface area contributed by atoms with E-state index >= 15 is 0 Å². The zero-order valence-electron chi connectivity index (χ0n) is 17.5. The first-order valence-electron chi connectivity index (χ1n) is 10.3. The highest BCUT2D eigenvalue weighted by molar-refractivity contribution is 14.0. The number of fused-ring (bicyclic) bond motifs is 1. The van der Waals surface area contributed by atoms with E-state index < -0.39 is 0 Å². The van der Waals surface area contributed by atoms with E-state index in [1.165, 1.54) is 31.7 Å². The van der Waals surface area contributed by atoms with Crippen LogP contribution in [0.5, 0.6) is 5.75 Å². The zero-order chi connectivity index (χ0) is 19.1. The Kier molecular flexibility index (Phi) is 9.81. The predicted octanol–water partition coefficient (Wildman–Crippen LogP) is 2.05. The molecular formula is C21H36IN5O. The molecule has 2 unspecified atom stereocenters. The number of piperazine rings is 1. The number of guanidine groups is 1. The maximum absolute atomic E-state index is 6.01. The first kappa shape index (κ1) is 23.2. The number of ether oxygens (including phenoxy) is 1. The van der Waals surface area contributed by atoms with E-state index in [4.69, 9.17) is 9.73 Å². The van der Waals surface area contributed by atoms with Crippen molar-refractivity contribution < 1.29 is 4.74 Å². The molecule has 0 aliphatic carbocycles. The summed E-state index contributed by atoms with van der Waals surface area (Å²) in [7, 11) is 2.20. The zero-order valence-corrected chi connectivity index (χ0v) is 19.8.